The van der Waals surface area contributed by atoms with Crippen LogP contribution in [0.4, 0.5) is 0 Å². The molecule has 1 fully saturated rings. The van der Waals surface area contributed by atoms with Gasteiger partial charge in [-0.1, -0.05) is 32.4 Å². The molecule has 0 unspecified atom stereocenters. The van der Waals surface area contributed by atoms with E-state index in [-0.39, 0.29) is 5.41 Å². The second-order valence-corrected chi connectivity index (χ2v) is 5.38. The first-order valence-corrected chi connectivity index (χ1v) is 6.13. The van der Waals surface area contributed by atoms with E-state index in [1.165, 1.54) is 5.57 Å². The Balaban J connectivity index is 2.76. The van der Waals surface area contributed by atoms with E-state index in [4.69, 9.17) is 4.74 Å². The van der Waals surface area contributed by atoms with E-state index in [0.717, 1.165) is 32.1 Å². The Bertz CT molecular complexity index is 318. The molecule has 1 rings (SSSR count). The van der Waals surface area contributed by atoms with Crippen molar-refractivity contribution in [3.05, 3.63) is 23.5 Å². The minimum absolute atomic E-state index is 0.202. The first-order chi connectivity index (χ1) is 7.95. The molecular weight excluding hydrogens is 212 g/mol. The van der Waals surface area contributed by atoms with Gasteiger partial charge in [0.1, 0.15) is 5.82 Å². The molecule has 3 nitrogen and oxygen atoms in total. The molecule has 1 aliphatic heterocycles. The molecule has 1 saturated heterocycles. The van der Waals surface area contributed by atoms with Crippen LogP contribution in [0, 0.1) is 5.41 Å². The number of rotatable bonds is 3. The lowest BCUT2D eigenvalue weighted by atomic mass is 9.87. The largest absolute Gasteiger partial charge is 0.378 e. The molecule has 0 saturated carbocycles. The SMILES string of the molecule is C=N/C(=C\C=C(/C)C(C)(C)C)N1CCOCC1. The van der Waals surface area contributed by atoms with Gasteiger partial charge in [-0.25, -0.2) is 4.99 Å². The van der Waals surface area contributed by atoms with E-state index in [9.17, 15) is 0 Å². The van der Waals surface area contributed by atoms with Crippen molar-refractivity contribution in [2.75, 3.05) is 26.3 Å². The monoisotopic (exact) mass is 236 g/mol. The van der Waals surface area contributed by atoms with Gasteiger partial charge in [0.05, 0.1) is 13.2 Å². The third kappa shape index (κ3) is 4.35. The van der Waals surface area contributed by atoms with Gasteiger partial charge in [-0.15, -0.1) is 0 Å². The number of morpholine rings is 1. The normalized spacial score (nSPS) is 19.4. The van der Waals surface area contributed by atoms with E-state index in [2.05, 4.69) is 56.5 Å². The van der Waals surface area contributed by atoms with Crippen molar-refractivity contribution >= 4 is 6.72 Å². The fourth-order valence-electron chi connectivity index (χ4n) is 1.50. The average molecular weight is 236 g/mol. The fourth-order valence-corrected chi connectivity index (χ4v) is 1.50. The summed E-state index contributed by atoms with van der Waals surface area (Å²) in [4.78, 5) is 6.31. The Kier molecular flexibility index (Phi) is 4.94. The second-order valence-electron chi connectivity index (χ2n) is 5.38. The Morgan fingerprint density at radius 3 is 2.29 bits per heavy atom. The van der Waals surface area contributed by atoms with Crippen molar-refractivity contribution in [3.8, 4) is 0 Å². The van der Waals surface area contributed by atoms with Crippen LogP contribution < -0.4 is 0 Å². The maximum atomic E-state index is 5.33. The Hall–Kier alpha value is -1.09. The van der Waals surface area contributed by atoms with Crippen molar-refractivity contribution in [2.45, 2.75) is 27.7 Å². The lowest BCUT2D eigenvalue weighted by Gasteiger charge is -2.28. The summed E-state index contributed by atoms with van der Waals surface area (Å²) in [7, 11) is 0. The molecule has 0 aromatic heterocycles. The molecule has 0 amide bonds. The van der Waals surface area contributed by atoms with Gasteiger partial charge in [0.2, 0.25) is 0 Å². The quantitative estimate of drug-likeness (QED) is 0.556. The standard InChI is InChI=1S/C14H24N2O/c1-12(14(2,3)4)6-7-13(15-5)16-8-10-17-11-9-16/h6-7H,5,8-11H2,1-4H3/b12-6+,13-7+. The van der Waals surface area contributed by atoms with Crippen LogP contribution in [0.25, 0.3) is 0 Å². The number of allylic oxidation sites excluding steroid dienone is 3. The molecule has 0 aromatic carbocycles. The van der Waals surface area contributed by atoms with E-state index >= 15 is 0 Å². The predicted molar refractivity (Wildman–Crippen MR) is 73.2 cm³/mol. The summed E-state index contributed by atoms with van der Waals surface area (Å²) >= 11 is 0. The molecule has 0 N–H and O–H groups in total. The Morgan fingerprint density at radius 1 is 1.24 bits per heavy atom. The molecule has 0 radical (unpaired) electrons. The van der Waals surface area contributed by atoms with Gasteiger partial charge in [-0.05, 0) is 25.1 Å². The summed E-state index contributed by atoms with van der Waals surface area (Å²) < 4.78 is 5.33. The zero-order chi connectivity index (χ0) is 12.9. The van der Waals surface area contributed by atoms with Gasteiger partial charge in [0.15, 0.2) is 0 Å². The molecule has 1 heterocycles. The van der Waals surface area contributed by atoms with Crippen LogP contribution in [0.5, 0.6) is 0 Å². The highest BCUT2D eigenvalue weighted by molar-refractivity contribution is 5.30. The first-order valence-electron chi connectivity index (χ1n) is 6.13. The van der Waals surface area contributed by atoms with E-state index in [1.807, 2.05) is 0 Å². The highest BCUT2D eigenvalue weighted by Crippen LogP contribution is 2.24. The summed E-state index contributed by atoms with van der Waals surface area (Å²) in [5, 5.41) is 0. The first kappa shape index (κ1) is 14.0. The average Bonchev–Trinajstić information content (AvgIpc) is 2.29. The van der Waals surface area contributed by atoms with E-state index in [1.54, 1.807) is 0 Å². The van der Waals surface area contributed by atoms with Crippen LogP contribution in [0.1, 0.15) is 27.7 Å². The van der Waals surface area contributed by atoms with Crippen LogP contribution in [-0.4, -0.2) is 37.9 Å². The summed E-state index contributed by atoms with van der Waals surface area (Å²) in [6.07, 6.45) is 4.19. The van der Waals surface area contributed by atoms with Crippen molar-refractivity contribution in [1.82, 2.24) is 4.90 Å². The second kappa shape index (κ2) is 6.01. The molecule has 0 aromatic rings. The molecule has 0 spiro atoms. The van der Waals surface area contributed by atoms with Crippen molar-refractivity contribution in [2.24, 2.45) is 10.4 Å². The molecule has 17 heavy (non-hydrogen) atoms. The maximum Gasteiger partial charge on any atom is 0.127 e. The van der Waals surface area contributed by atoms with Crippen molar-refractivity contribution < 1.29 is 4.74 Å². The lowest BCUT2D eigenvalue weighted by Crippen LogP contribution is -2.35. The summed E-state index contributed by atoms with van der Waals surface area (Å²) in [6, 6.07) is 0. The maximum absolute atomic E-state index is 5.33. The van der Waals surface area contributed by atoms with Gasteiger partial charge in [-0.2, -0.15) is 0 Å². The van der Waals surface area contributed by atoms with Gasteiger partial charge in [0.25, 0.3) is 0 Å². The van der Waals surface area contributed by atoms with Crippen LogP contribution in [0.15, 0.2) is 28.5 Å². The van der Waals surface area contributed by atoms with Crippen LogP contribution in [0.3, 0.4) is 0 Å². The van der Waals surface area contributed by atoms with E-state index < -0.39 is 0 Å². The predicted octanol–water partition coefficient (Wildman–Crippen LogP) is 2.85. The number of ether oxygens (including phenoxy) is 1. The summed E-state index contributed by atoms with van der Waals surface area (Å²) in [5.41, 5.74) is 1.54. The molecule has 0 atom stereocenters. The third-order valence-electron chi connectivity index (χ3n) is 3.16. The van der Waals surface area contributed by atoms with Gasteiger partial charge in [0, 0.05) is 13.1 Å². The van der Waals surface area contributed by atoms with Gasteiger partial charge < -0.3 is 9.64 Å². The molecule has 96 valence electrons. The third-order valence-corrected chi connectivity index (χ3v) is 3.16. The van der Waals surface area contributed by atoms with Crippen LogP contribution >= 0.6 is 0 Å². The van der Waals surface area contributed by atoms with Crippen LogP contribution in [0.2, 0.25) is 0 Å². The topological polar surface area (TPSA) is 24.8 Å². The zero-order valence-electron chi connectivity index (χ0n) is 11.5. The lowest BCUT2D eigenvalue weighted by molar-refractivity contribution is 0.0532. The highest BCUT2D eigenvalue weighted by Gasteiger charge is 2.13. The van der Waals surface area contributed by atoms with Crippen molar-refractivity contribution in [3.63, 3.8) is 0 Å². The smallest absolute Gasteiger partial charge is 0.127 e. The Morgan fingerprint density at radius 2 is 1.82 bits per heavy atom. The number of hydrogen-bond acceptors (Lipinski definition) is 3. The number of aliphatic imine (C=N–C) groups is 1. The van der Waals surface area contributed by atoms with Gasteiger partial charge in [-0.3, -0.25) is 0 Å². The Labute approximate surface area is 105 Å². The minimum Gasteiger partial charge on any atom is -0.378 e. The van der Waals surface area contributed by atoms with Crippen molar-refractivity contribution in [1.29, 1.82) is 0 Å². The summed E-state index contributed by atoms with van der Waals surface area (Å²) in [6.45, 7) is 15.8. The van der Waals surface area contributed by atoms with Crippen LogP contribution in [-0.2, 0) is 4.74 Å². The minimum atomic E-state index is 0.202. The number of hydrogen-bond donors (Lipinski definition) is 0. The molecule has 3 heteroatoms. The highest BCUT2D eigenvalue weighted by atomic mass is 16.5. The number of nitrogens with zero attached hydrogens (tertiary/aromatic N) is 2. The fraction of sp³-hybridized carbons (Fsp3) is 0.643. The molecular formula is C14H24N2O. The van der Waals surface area contributed by atoms with Gasteiger partial charge >= 0.3 is 0 Å². The zero-order valence-corrected chi connectivity index (χ0v) is 11.5. The van der Waals surface area contributed by atoms with E-state index in [0.29, 0.717) is 0 Å². The summed E-state index contributed by atoms with van der Waals surface area (Å²) in [5.74, 6) is 0.942. The molecule has 0 aliphatic carbocycles. The molecule has 0 bridgehead atoms. The molecule has 1 aliphatic rings.